The van der Waals surface area contributed by atoms with Crippen molar-refractivity contribution in [1.29, 1.82) is 0 Å². The molecule has 100 valence electrons. The molecule has 3 nitrogen and oxygen atoms in total. The largest absolute Gasteiger partial charge is 0.396 e. The van der Waals surface area contributed by atoms with E-state index in [1.165, 1.54) is 0 Å². The number of carbonyl (C=O) groups is 1. The lowest BCUT2D eigenvalue weighted by atomic mass is 10.1. The summed E-state index contributed by atoms with van der Waals surface area (Å²) in [6, 6.07) is 1.24. The maximum atomic E-state index is 13.3. The van der Waals surface area contributed by atoms with Gasteiger partial charge in [0.25, 0.3) is 5.91 Å². The highest BCUT2D eigenvalue weighted by Crippen LogP contribution is 2.15. The van der Waals surface area contributed by atoms with Crippen LogP contribution in [0.3, 0.4) is 0 Å². The first-order valence-corrected chi connectivity index (χ1v) is 5.56. The van der Waals surface area contributed by atoms with Crippen molar-refractivity contribution >= 4 is 5.91 Å². The first kappa shape index (κ1) is 14.5. The summed E-state index contributed by atoms with van der Waals surface area (Å²) < 4.78 is 39.0. The highest BCUT2D eigenvalue weighted by molar-refractivity contribution is 5.94. The molecule has 0 aliphatic heterocycles. The summed E-state index contributed by atoms with van der Waals surface area (Å²) >= 11 is 0. The average molecular weight is 261 g/mol. The van der Waals surface area contributed by atoms with Gasteiger partial charge >= 0.3 is 0 Å². The molecule has 0 aliphatic rings. The van der Waals surface area contributed by atoms with Gasteiger partial charge in [0.05, 0.1) is 5.56 Å². The number of benzene rings is 1. The first-order valence-electron chi connectivity index (χ1n) is 5.56. The molecule has 1 amide bonds. The second-order valence-corrected chi connectivity index (χ2v) is 3.81. The minimum Gasteiger partial charge on any atom is -0.396 e. The quantitative estimate of drug-likeness (QED) is 0.796. The highest BCUT2D eigenvalue weighted by Gasteiger charge is 2.20. The SMILES string of the molecule is CCC(CCO)NC(=O)c1ccc(F)c(F)c1F. The maximum Gasteiger partial charge on any atom is 0.254 e. The summed E-state index contributed by atoms with van der Waals surface area (Å²) in [7, 11) is 0. The predicted octanol–water partition coefficient (Wildman–Crippen LogP) is 1.99. The molecule has 6 heteroatoms. The van der Waals surface area contributed by atoms with Crippen LogP contribution in [0.25, 0.3) is 0 Å². The molecule has 1 atom stereocenters. The van der Waals surface area contributed by atoms with Crippen molar-refractivity contribution < 1.29 is 23.1 Å². The van der Waals surface area contributed by atoms with E-state index in [2.05, 4.69) is 5.32 Å². The number of rotatable bonds is 5. The van der Waals surface area contributed by atoms with Crippen LogP contribution in [0, 0.1) is 17.5 Å². The van der Waals surface area contributed by atoms with Crippen LogP contribution in [-0.4, -0.2) is 23.7 Å². The van der Waals surface area contributed by atoms with E-state index < -0.39 is 28.9 Å². The lowest BCUT2D eigenvalue weighted by molar-refractivity contribution is 0.0923. The number of nitrogens with one attached hydrogen (secondary N) is 1. The molecule has 0 fully saturated rings. The molecule has 0 aromatic heterocycles. The van der Waals surface area contributed by atoms with Crippen LogP contribution in [0.15, 0.2) is 12.1 Å². The lowest BCUT2D eigenvalue weighted by Gasteiger charge is -2.16. The van der Waals surface area contributed by atoms with Crippen molar-refractivity contribution in [1.82, 2.24) is 5.32 Å². The van der Waals surface area contributed by atoms with E-state index >= 15 is 0 Å². The molecule has 0 saturated carbocycles. The molecule has 0 aliphatic carbocycles. The normalized spacial score (nSPS) is 12.3. The lowest BCUT2D eigenvalue weighted by Crippen LogP contribution is -2.35. The van der Waals surface area contributed by atoms with Gasteiger partial charge in [0.1, 0.15) is 0 Å². The Balaban J connectivity index is 2.87. The molecule has 1 aromatic carbocycles. The molecule has 2 N–H and O–H groups in total. The van der Waals surface area contributed by atoms with E-state index in [1.54, 1.807) is 6.92 Å². The number of aliphatic hydroxyl groups excluding tert-OH is 1. The minimum absolute atomic E-state index is 0.126. The molecule has 0 spiro atoms. The van der Waals surface area contributed by atoms with Gasteiger partial charge in [-0.3, -0.25) is 4.79 Å². The maximum absolute atomic E-state index is 13.3. The molecule has 1 unspecified atom stereocenters. The zero-order valence-electron chi connectivity index (χ0n) is 9.84. The van der Waals surface area contributed by atoms with E-state index in [4.69, 9.17) is 5.11 Å². The van der Waals surface area contributed by atoms with Crippen LogP contribution in [0.5, 0.6) is 0 Å². The Morgan fingerprint density at radius 2 is 2.00 bits per heavy atom. The van der Waals surface area contributed by atoms with Crippen molar-refractivity contribution in [2.24, 2.45) is 0 Å². The molecule has 18 heavy (non-hydrogen) atoms. The van der Waals surface area contributed by atoms with E-state index in [1.807, 2.05) is 0 Å². The number of hydrogen-bond donors (Lipinski definition) is 2. The van der Waals surface area contributed by atoms with Gasteiger partial charge in [-0.15, -0.1) is 0 Å². The third-order valence-electron chi connectivity index (χ3n) is 2.59. The number of halogens is 3. The van der Waals surface area contributed by atoms with Gasteiger partial charge in [-0.25, -0.2) is 13.2 Å². The third-order valence-corrected chi connectivity index (χ3v) is 2.59. The van der Waals surface area contributed by atoms with E-state index in [-0.39, 0.29) is 12.6 Å². The second kappa shape index (κ2) is 6.39. The number of amides is 1. The van der Waals surface area contributed by atoms with E-state index in [0.717, 1.165) is 6.07 Å². The van der Waals surface area contributed by atoms with E-state index in [0.29, 0.717) is 18.9 Å². The van der Waals surface area contributed by atoms with Crippen LogP contribution in [0.1, 0.15) is 30.1 Å². The van der Waals surface area contributed by atoms with Crippen molar-refractivity contribution in [3.8, 4) is 0 Å². The zero-order valence-corrected chi connectivity index (χ0v) is 9.84. The Morgan fingerprint density at radius 3 is 2.56 bits per heavy atom. The van der Waals surface area contributed by atoms with Gasteiger partial charge < -0.3 is 10.4 Å². The van der Waals surface area contributed by atoms with Gasteiger partial charge in [0.15, 0.2) is 17.5 Å². The van der Waals surface area contributed by atoms with E-state index in [9.17, 15) is 18.0 Å². The van der Waals surface area contributed by atoms with Crippen molar-refractivity contribution in [3.05, 3.63) is 35.1 Å². The van der Waals surface area contributed by atoms with Crippen molar-refractivity contribution in [2.75, 3.05) is 6.61 Å². The smallest absolute Gasteiger partial charge is 0.254 e. The van der Waals surface area contributed by atoms with Crippen LogP contribution >= 0.6 is 0 Å². The monoisotopic (exact) mass is 261 g/mol. The molecular weight excluding hydrogens is 247 g/mol. The molecule has 0 saturated heterocycles. The number of aliphatic hydroxyl groups is 1. The molecular formula is C12H14F3NO2. The van der Waals surface area contributed by atoms with Crippen LogP contribution in [0.2, 0.25) is 0 Å². The Kier molecular flexibility index (Phi) is 5.15. The Labute approximate surface area is 103 Å². The molecule has 0 heterocycles. The van der Waals surface area contributed by atoms with Gasteiger partial charge in [0, 0.05) is 12.6 Å². The first-order chi connectivity index (χ1) is 8.51. The van der Waals surface area contributed by atoms with Crippen LogP contribution in [-0.2, 0) is 0 Å². The van der Waals surface area contributed by atoms with Gasteiger partial charge in [0.2, 0.25) is 0 Å². The highest BCUT2D eigenvalue weighted by atomic mass is 19.2. The molecule has 1 aromatic rings. The number of carbonyl (C=O) groups excluding carboxylic acids is 1. The summed E-state index contributed by atoms with van der Waals surface area (Å²) in [6.45, 7) is 1.65. The number of hydrogen-bond acceptors (Lipinski definition) is 2. The molecule has 0 radical (unpaired) electrons. The second-order valence-electron chi connectivity index (χ2n) is 3.81. The Bertz CT molecular complexity index is 438. The summed E-state index contributed by atoms with van der Waals surface area (Å²) in [5.74, 6) is -5.35. The Hall–Kier alpha value is -1.56. The standard InChI is InChI=1S/C12H14F3NO2/c1-2-7(5-6-17)16-12(18)8-3-4-9(13)11(15)10(8)14/h3-4,7,17H,2,5-6H2,1H3,(H,16,18). The van der Waals surface area contributed by atoms with Gasteiger partial charge in [-0.2, -0.15) is 0 Å². The minimum atomic E-state index is -1.67. The summed E-state index contributed by atoms with van der Waals surface area (Å²) in [5, 5.41) is 11.2. The zero-order chi connectivity index (χ0) is 13.7. The third kappa shape index (κ3) is 3.22. The van der Waals surface area contributed by atoms with Crippen molar-refractivity contribution in [3.63, 3.8) is 0 Å². The summed E-state index contributed by atoms with van der Waals surface area (Å²) in [5.41, 5.74) is -0.551. The fourth-order valence-electron chi connectivity index (χ4n) is 1.50. The fourth-order valence-corrected chi connectivity index (χ4v) is 1.50. The van der Waals surface area contributed by atoms with Crippen LogP contribution < -0.4 is 5.32 Å². The molecule has 0 bridgehead atoms. The average Bonchev–Trinajstić information content (AvgIpc) is 2.35. The van der Waals surface area contributed by atoms with Gasteiger partial charge in [-0.1, -0.05) is 6.92 Å². The topological polar surface area (TPSA) is 49.3 Å². The summed E-state index contributed by atoms with van der Waals surface area (Å²) in [4.78, 5) is 11.7. The van der Waals surface area contributed by atoms with Gasteiger partial charge in [-0.05, 0) is 25.0 Å². The fraction of sp³-hybridized carbons (Fsp3) is 0.417. The van der Waals surface area contributed by atoms with Crippen LogP contribution in [0.4, 0.5) is 13.2 Å². The summed E-state index contributed by atoms with van der Waals surface area (Å²) in [6.07, 6.45) is 0.852. The predicted molar refractivity (Wildman–Crippen MR) is 59.6 cm³/mol. The Morgan fingerprint density at radius 1 is 1.33 bits per heavy atom. The van der Waals surface area contributed by atoms with Crippen molar-refractivity contribution in [2.45, 2.75) is 25.8 Å². The molecule has 1 rings (SSSR count).